The average Bonchev–Trinajstić information content (AvgIpc) is 2.96. The van der Waals surface area contributed by atoms with Crippen molar-refractivity contribution in [3.05, 3.63) is 90.6 Å². The van der Waals surface area contributed by atoms with E-state index in [0.717, 1.165) is 12.1 Å². The minimum atomic E-state index is -4.46. The van der Waals surface area contributed by atoms with Crippen LogP contribution in [0.1, 0.15) is 6.92 Å². The number of sulfonamides is 1. The van der Waals surface area contributed by atoms with Crippen LogP contribution in [-0.4, -0.2) is 39.7 Å². The summed E-state index contributed by atoms with van der Waals surface area (Å²) in [5, 5.41) is 0.702. The maximum atomic E-state index is 14.2. The molecule has 0 unspecified atom stereocenters. The molecule has 5 rings (SSSR count). The summed E-state index contributed by atoms with van der Waals surface area (Å²) in [6.07, 6.45) is 1.48. The van der Waals surface area contributed by atoms with Crippen molar-refractivity contribution in [1.29, 1.82) is 0 Å². The van der Waals surface area contributed by atoms with Gasteiger partial charge in [0.25, 0.3) is 10.0 Å². The molecule has 2 heterocycles. The highest BCUT2D eigenvalue weighted by Gasteiger charge is 2.22. The number of halogens is 2. The number of hydrogen-bond donors (Lipinski definition) is 2. The van der Waals surface area contributed by atoms with Gasteiger partial charge in [0.1, 0.15) is 28.0 Å². The van der Waals surface area contributed by atoms with Gasteiger partial charge >= 0.3 is 0 Å². The minimum absolute atomic E-state index is 0.0126. The summed E-state index contributed by atoms with van der Waals surface area (Å²) in [6, 6.07) is 17.1. The SMILES string of the molecule is CCS(=O)(=O)c1ccc(-c2cc3cc(-c4cnc(OC)c(NS(=O)(=O)c5ccc(F)cc5F)c4)ccc3nc2N)cc1. The van der Waals surface area contributed by atoms with Crippen molar-refractivity contribution in [1.82, 2.24) is 9.97 Å². The Bertz CT molecular complexity index is 2050. The van der Waals surface area contributed by atoms with Crippen molar-refractivity contribution in [2.24, 2.45) is 0 Å². The Balaban J connectivity index is 1.53. The van der Waals surface area contributed by atoms with Crippen LogP contribution in [0.3, 0.4) is 0 Å². The van der Waals surface area contributed by atoms with Crippen LogP contribution < -0.4 is 15.2 Å². The zero-order valence-corrected chi connectivity index (χ0v) is 23.9. The molecule has 0 atom stereocenters. The van der Waals surface area contributed by atoms with E-state index in [1.54, 1.807) is 31.2 Å². The van der Waals surface area contributed by atoms with Gasteiger partial charge in [0.15, 0.2) is 9.84 Å². The summed E-state index contributed by atoms with van der Waals surface area (Å²) in [5.41, 5.74) is 9.19. The number of pyridine rings is 2. The Morgan fingerprint density at radius 1 is 0.881 bits per heavy atom. The normalized spacial score (nSPS) is 11.9. The number of nitrogen functional groups attached to an aromatic ring is 1. The first-order valence-electron chi connectivity index (χ1n) is 12.5. The number of aromatic nitrogens is 2. The van der Waals surface area contributed by atoms with E-state index in [0.29, 0.717) is 39.2 Å². The molecule has 0 fully saturated rings. The number of fused-ring (bicyclic) bond motifs is 1. The van der Waals surface area contributed by atoms with Crippen LogP contribution in [0.15, 0.2) is 88.8 Å². The Labute approximate surface area is 241 Å². The van der Waals surface area contributed by atoms with E-state index in [4.69, 9.17) is 10.5 Å². The lowest BCUT2D eigenvalue weighted by Crippen LogP contribution is -2.15. The van der Waals surface area contributed by atoms with E-state index in [2.05, 4.69) is 14.7 Å². The van der Waals surface area contributed by atoms with Crippen molar-refractivity contribution in [2.45, 2.75) is 16.7 Å². The maximum absolute atomic E-state index is 14.2. The van der Waals surface area contributed by atoms with Crippen LogP contribution in [0, 0.1) is 11.6 Å². The molecule has 2 aromatic heterocycles. The van der Waals surface area contributed by atoms with E-state index in [-0.39, 0.29) is 28.0 Å². The molecule has 0 aliphatic carbocycles. The lowest BCUT2D eigenvalue weighted by atomic mass is 10.0. The standard InChI is InChI=1S/C29H24F2N4O5S2/c1-3-41(36,37)22-8-4-17(5-9-22)23-13-19-12-18(6-10-25(19)34-28(23)32)20-14-26(29(40-2)33-16-20)35-42(38,39)27-11-7-21(30)15-24(27)31/h4-16,35H,3H2,1-2H3,(H2,32,34). The maximum Gasteiger partial charge on any atom is 0.264 e. The topological polar surface area (TPSA) is 141 Å². The van der Waals surface area contributed by atoms with Crippen molar-refractivity contribution in [3.63, 3.8) is 0 Å². The van der Waals surface area contributed by atoms with Crippen molar-refractivity contribution in [3.8, 4) is 28.1 Å². The minimum Gasteiger partial charge on any atom is -0.480 e. The number of sulfone groups is 1. The number of hydrogen-bond acceptors (Lipinski definition) is 8. The molecule has 0 amide bonds. The van der Waals surface area contributed by atoms with Crippen LogP contribution in [0.25, 0.3) is 33.2 Å². The number of nitrogens with zero attached hydrogens (tertiary/aromatic N) is 2. The molecule has 216 valence electrons. The first-order valence-corrected chi connectivity index (χ1v) is 15.6. The van der Waals surface area contributed by atoms with Crippen LogP contribution in [0.2, 0.25) is 0 Å². The van der Waals surface area contributed by atoms with Crippen LogP contribution in [0.5, 0.6) is 5.88 Å². The van der Waals surface area contributed by atoms with Crippen LogP contribution in [-0.2, 0) is 19.9 Å². The highest BCUT2D eigenvalue weighted by molar-refractivity contribution is 7.92. The smallest absolute Gasteiger partial charge is 0.264 e. The molecule has 0 bridgehead atoms. The van der Waals surface area contributed by atoms with Gasteiger partial charge in [-0.3, -0.25) is 4.72 Å². The Kier molecular flexibility index (Phi) is 7.56. The summed E-state index contributed by atoms with van der Waals surface area (Å²) in [7, 11) is -6.51. The fourth-order valence-electron chi connectivity index (χ4n) is 4.35. The monoisotopic (exact) mass is 610 g/mol. The number of rotatable bonds is 8. The number of methoxy groups -OCH3 is 1. The fraction of sp³-hybridized carbons (Fsp3) is 0.103. The van der Waals surface area contributed by atoms with Gasteiger partial charge in [0.2, 0.25) is 5.88 Å². The predicted molar refractivity (Wildman–Crippen MR) is 156 cm³/mol. The Morgan fingerprint density at radius 3 is 2.26 bits per heavy atom. The van der Waals surface area contributed by atoms with Gasteiger partial charge in [0, 0.05) is 28.8 Å². The molecule has 0 saturated heterocycles. The summed E-state index contributed by atoms with van der Waals surface area (Å²) < 4.78 is 85.2. The molecule has 0 saturated carbocycles. The average molecular weight is 611 g/mol. The zero-order chi connectivity index (χ0) is 30.2. The first kappa shape index (κ1) is 28.9. The van der Waals surface area contributed by atoms with E-state index in [1.807, 2.05) is 12.1 Å². The molecule has 3 aromatic carbocycles. The third-order valence-corrected chi connectivity index (χ3v) is 9.70. The lowest BCUT2D eigenvalue weighted by molar-refractivity contribution is 0.400. The third kappa shape index (κ3) is 5.60. The van der Waals surface area contributed by atoms with Crippen molar-refractivity contribution in [2.75, 3.05) is 23.3 Å². The largest absolute Gasteiger partial charge is 0.480 e. The lowest BCUT2D eigenvalue weighted by Gasteiger charge is -2.14. The molecular weight excluding hydrogens is 586 g/mol. The van der Waals surface area contributed by atoms with Gasteiger partial charge in [-0.1, -0.05) is 25.1 Å². The zero-order valence-electron chi connectivity index (χ0n) is 22.3. The van der Waals surface area contributed by atoms with Gasteiger partial charge in [-0.2, -0.15) is 0 Å². The summed E-state index contributed by atoms with van der Waals surface area (Å²) in [4.78, 5) is 8.15. The van der Waals surface area contributed by atoms with Crippen LogP contribution in [0.4, 0.5) is 20.3 Å². The highest BCUT2D eigenvalue weighted by atomic mass is 32.2. The second-order valence-corrected chi connectivity index (χ2v) is 13.1. The molecule has 42 heavy (non-hydrogen) atoms. The molecule has 9 nitrogen and oxygen atoms in total. The molecule has 0 radical (unpaired) electrons. The number of nitrogens with one attached hydrogen (secondary N) is 1. The van der Waals surface area contributed by atoms with Gasteiger partial charge in [-0.25, -0.2) is 35.6 Å². The molecule has 13 heteroatoms. The second kappa shape index (κ2) is 11.0. The summed E-state index contributed by atoms with van der Waals surface area (Å²) in [6.45, 7) is 1.58. The number of nitrogens with two attached hydrogens (primary N) is 1. The molecular formula is C29H24F2N4O5S2. The molecule has 0 aliphatic rings. The quantitative estimate of drug-likeness (QED) is 0.237. The number of benzene rings is 3. The Morgan fingerprint density at radius 2 is 1.60 bits per heavy atom. The summed E-state index contributed by atoms with van der Waals surface area (Å²) >= 11 is 0. The van der Waals surface area contributed by atoms with E-state index < -0.39 is 36.4 Å². The van der Waals surface area contributed by atoms with Crippen molar-refractivity contribution < 1.29 is 30.4 Å². The van der Waals surface area contributed by atoms with E-state index in [1.165, 1.54) is 31.5 Å². The number of ether oxygens (including phenoxy) is 1. The molecule has 5 aromatic rings. The van der Waals surface area contributed by atoms with Gasteiger partial charge in [-0.15, -0.1) is 0 Å². The second-order valence-electron chi connectivity index (χ2n) is 9.22. The number of anilines is 2. The van der Waals surface area contributed by atoms with E-state index in [9.17, 15) is 25.6 Å². The molecule has 3 N–H and O–H groups in total. The van der Waals surface area contributed by atoms with Gasteiger partial charge in [0.05, 0.1) is 23.3 Å². The van der Waals surface area contributed by atoms with Crippen molar-refractivity contribution >= 4 is 42.3 Å². The fourth-order valence-corrected chi connectivity index (χ4v) is 6.34. The van der Waals surface area contributed by atoms with Gasteiger partial charge in [-0.05, 0) is 59.7 Å². The first-order chi connectivity index (χ1) is 19.9. The third-order valence-electron chi connectivity index (χ3n) is 6.55. The van der Waals surface area contributed by atoms with Gasteiger partial charge < -0.3 is 10.5 Å². The van der Waals surface area contributed by atoms with Crippen LogP contribution >= 0.6 is 0 Å². The highest BCUT2D eigenvalue weighted by Crippen LogP contribution is 2.34. The Hall–Kier alpha value is -4.62. The molecule has 0 spiro atoms. The summed E-state index contributed by atoms with van der Waals surface area (Å²) in [5.74, 6) is -1.97. The predicted octanol–water partition coefficient (Wildman–Crippen LogP) is 5.43. The molecule has 0 aliphatic heterocycles. The van der Waals surface area contributed by atoms with E-state index >= 15 is 0 Å².